The van der Waals surface area contributed by atoms with Crippen molar-refractivity contribution >= 4 is 0 Å². The summed E-state index contributed by atoms with van der Waals surface area (Å²) in [5.41, 5.74) is -1.53. The summed E-state index contributed by atoms with van der Waals surface area (Å²) in [6.45, 7) is 3.22. The molecule has 2 nitrogen and oxygen atoms in total. The molecule has 0 amide bonds. The average Bonchev–Trinajstić information content (AvgIpc) is 2.27. The first-order chi connectivity index (χ1) is 7.68. The Morgan fingerprint density at radius 2 is 1.82 bits per heavy atom. The number of hydrogen-bond donors (Lipinski definition) is 1. The van der Waals surface area contributed by atoms with Crippen LogP contribution in [0.25, 0.3) is 0 Å². The average molecular weight is 248 g/mol. The van der Waals surface area contributed by atoms with Gasteiger partial charge in [0.05, 0.1) is 11.2 Å². The summed E-state index contributed by atoms with van der Waals surface area (Å²) in [5, 5.41) is 9.95. The predicted molar refractivity (Wildman–Crippen MR) is 57.5 cm³/mol. The Morgan fingerprint density at radius 1 is 1.24 bits per heavy atom. The highest BCUT2D eigenvalue weighted by molar-refractivity contribution is 5.28. The number of hydrogen-bond acceptors (Lipinski definition) is 2. The first kappa shape index (κ1) is 14.0. The van der Waals surface area contributed by atoms with Gasteiger partial charge in [0, 0.05) is 7.11 Å². The summed E-state index contributed by atoms with van der Waals surface area (Å²) in [7, 11) is 1.40. The highest BCUT2D eigenvalue weighted by Crippen LogP contribution is 2.33. The molecule has 1 N–H and O–H groups in total. The van der Waals surface area contributed by atoms with Crippen molar-refractivity contribution in [2.45, 2.75) is 31.7 Å². The molecule has 1 unspecified atom stereocenters. The fraction of sp³-hybridized carbons (Fsp3) is 0.500. The molecule has 0 aliphatic carbocycles. The minimum absolute atomic E-state index is 0.187. The maximum atomic E-state index is 12.5. The zero-order valence-corrected chi connectivity index (χ0v) is 9.88. The zero-order chi connectivity index (χ0) is 13.3. The third-order valence-corrected chi connectivity index (χ3v) is 2.71. The summed E-state index contributed by atoms with van der Waals surface area (Å²) in [4.78, 5) is 0. The second-order valence-corrected chi connectivity index (χ2v) is 4.33. The van der Waals surface area contributed by atoms with E-state index < -0.39 is 23.4 Å². The number of methoxy groups -OCH3 is 1. The number of aliphatic hydroxyl groups is 1. The third kappa shape index (κ3) is 3.20. The monoisotopic (exact) mass is 248 g/mol. The molecule has 0 saturated heterocycles. The lowest BCUT2D eigenvalue weighted by Gasteiger charge is -2.29. The molecule has 17 heavy (non-hydrogen) atoms. The molecular formula is C12H15F3O2. The van der Waals surface area contributed by atoms with Crippen molar-refractivity contribution in [2.75, 3.05) is 7.11 Å². The van der Waals surface area contributed by atoms with Crippen LogP contribution < -0.4 is 0 Å². The van der Waals surface area contributed by atoms with Gasteiger partial charge in [0.2, 0.25) is 0 Å². The Morgan fingerprint density at radius 3 is 2.29 bits per heavy atom. The minimum Gasteiger partial charge on any atom is -0.385 e. The van der Waals surface area contributed by atoms with Gasteiger partial charge in [-0.25, -0.2) is 0 Å². The van der Waals surface area contributed by atoms with E-state index in [0.29, 0.717) is 0 Å². The Kier molecular flexibility index (Phi) is 3.84. The summed E-state index contributed by atoms with van der Waals surface area (Å²) in [5.74, 6) is 0. The standard InChI is InChI=1S/C12H15F3O2/c1-11(2,17-3)10(16)8-5-4-6-9(7-8)12(13,14)15/h4-7,10,16H,1-3H3. The van der Waals surface area contributed by atoms with Crippen LogP contribution in [0.1, 0.15) is 31.1 Å². The fourth-order valence-electron chi connectivity index (χ4n) is 1.40. The van der Waals surface area contributed by atoms with E-state index in [1.165, 1.54) is 19.2 Å². The molecule has 0 fully saturated rings. The Hall–Kier alpha value is -1.07. The molecule has 0 radical (unpaired) electrons. The van der Waals surface area contributed by atoms with E-state index in [1.807, 2.05) is 0 Å². The highest BCUT2D eigenvalue weighted by Gasteiger charge is 2.33. The van der Waals surface area contributed by atoms with Crippen LogP contribution in [0.4, 0.5) is 13.2 Å². The summed E-state index contributed by atoms with van der Waals surface area (Å²) in [6, 6.07) is 4.62. The molecule has 0 bridgehead atoms. The van der Waals surface area contributed by atoms with E-state index in [-0.39, 0.29) is 5.56 Å². The van der Waals surface area contributed by atoms with Gasteiger partial charge in [0.25, 0.3) is 0 Å². The fourth-order valence-corrected chi connectivity index (χ4v) is 1.40. The molecule has 1 aromatic carbocycles. The van der Waals surface area contributed by atoms with Gasteiger partial charge in [0.15, 0.2) is 0 Å². The molecule has 0 aliphatic heterocycles. The summed E-state index contributed by atoms with van der Waals surface area (Å²) < 4.78 is 42.5. The van der Waals surface area contributed by atoms with Crippen molar-refractivity contribution < 1.29 is 23.0 Å². The minimum atomic E-state index is -4.41. The summed E-state index contributed by atoms with van der Waals surface area (Å²) in [6.07, 6.45) is -5.53. The van der Waals surface area contributed by atoms with E-state index >= 15 is 0 Å². The molecule has 5 heteroatoms. The van der Waals surface area contributed by atoms with Crippen LogP contribution in [0, 0.1) is 0 Å². The van der Waals surface area contributed by atoms with Crippen LogP contribution in [0.15, 0.2) is 24.3 Å². The molecular weight excluding hydrogens is 233 g/mol. The maximum absolute atomic E-state index is 12.5. The normalized spacial score (nSPS) is 14.8. The Labute approximate surface area is 98.0 Å². The lowest BCUT2D eigenvalue weighted by Crippen LogP contribution is -2.31. The number of halogens is 3. The van der Waals surface area contributed by atoms with Gasteiger partial charge in [0.1, 0.15) is 6.10 Å². The van der Waals surface area contributed by atoms with Crippen molar-refractivity contribution in [1.82, 2.24) is 0 Å². The third-order valence-electron chi connectivity index (χ3n) is 2.71. The van der Waals surface area contributed by atoms with Crippen molar-refractivity contribution in [3.63, 3.8) is 0 Å². The Bertz CT molecular complexity index is 386. The quantitative estimate of drug-likeness (QED) is 0.890. The van der Waals surface area contributed by atoms with Crippen LogP contribution in [-0.2, 0) is 10.9 Å². The van der Waals surface area contributed by atoms with E-state index in [4.69, 9.17) is 4.74 Å². The van der Waals surface area contributed by atoms with Gasteiger partial charge in [-0.1, -0.05) is 12.1 Å². The SMILES string of the molecule is COC(C)(C)C(O)c1cccc(C(F)(F)F)c1. The second kappa shape index (κ2) is 4.66. The number of ether oxygens (including phenoxy) is 1. The molecule has 1 aromatic rings. The number of benzene rings is 1. The lowest BCUT2D eigenvalue weighted by molar-refractivity contribution is -0.137. The number of alkyl halides is 3. The van der Waals surface area contributed by atoms with Gasteiger partial charge in [-0.2, -0.15) is 13.2 Å². The van der Waals surface area contributed by atoms with E-state index in [0.717, 1.165) is 12.1 Å². The molecule has 0 aromatic heterocycles. The molecule has 0 aliphatic rings. The van der Waals surface area contributed by atoms with E-state index in [2.05, 4.69) is 0 Å². The smallest absolute Gasteiger partial charge is 0.385 e. The molecule has 1 atom stereocenters. The van der Waals surface area contributed by atoms with Crippen LogP contribution in [0.5, 0.6) is 0 Å². The van der Waals surface area contributed by atoms with Crippen LogP contribution >= 0.6 is 0 Å². The molecule has 0 spiro atoms. The van der Waals surface area contributed by atoms with E-state index in [9.17, 15) is 18.3 Å². The predicted octanol–water partition coefficient (Wildman–Crippen LogP) is 3.16. The van der Waals surface area contributed by atoms with E-state index in [1.54, 1.807) is 13.8 Å². The largest absolute Gasteiger partial charge is 0.416 e. The number of rotatable bonds is 3. The molecule has 0 heterocycles. The summed E-state index contributed by atoms with van der Waals surface area (Å²) >= 11 is 0. The highest BCUT2D eigenvalue weighted by atomic mass is 19.4. The van der Waals surface area contributed by atoms with Gasteiger partial charge in [-0.3, -0.25) is 0 Å². The first-order valence-electron chi connectivity index (χ1n) is 5.09. The Balaban J connectivity index is 3.08. The lowest BCUT2D eigenvalue weighted by atomic mass is 9.93. The van der Waals surface area contributed by atoms with Gasteiger partial charge >= 0.3 is 6.18 Å². The first-order valence-corrected chi connectivity index (χ1v) is 5.09. The van der Waals surface area contributed by atoms with Crippen LogP contribution in [0.2, 0.25) is 0 Å². The molecule has 1 rings (SSSR count). The van der Waals surface area contributed by atoms with Crippen molar-refractivity contribution in [2.24, 2.45) is 0 Å². The molecule has 96 valence electrons. The van der Waals surface area contributed by atoms with Gasteiger partial charge in [-0.15, -0.1) is 0 Å². The van der Waals surface area contributed by atoms with Crippen molar-refractivity contribution in [3.8, 4) is 0 Å². The van der Waals surface area contributed by atoms with Gasteiger partial charge < -0.3 is 9.84 Å². The topological polar surface area (TPSA) is 29.5 Å². The van der Waals surface area contributed by atoms with Crippen molar-refractivity contribution in [3.05, 3.63) is 35.4 Å². The second-order valence-electron chi connectivity index (χ2n) is 4.33. The maximum Gasteiger partial charge on any atom is 0.416 e. The molecule has 0 saturated carbocycles. The van der Waals surface area contributed by atoms with Gasteiger partial charge in [-0.05, 0) is 31.5 Å². The van der Waals surface area contributed by atoms with Crippen LogP contribution in [-0.4, -0.2) is 17.8 Å². The zero-order valence-electron chi connectivity index (χ0n) is 9.88. The van der Waals surface area contributed by atoms with Crippen LogP contribution in [0.3, 0.4) is 0 Å². The van der Waals surface area contributed by atoms with Crippen molar-refractivity contribution in [1.29, 1.82) is 0 Å². The number of aliphatic hydroxyl groups excluding tert-OH is 1.